The predicted molar refractivity (Wildman–Crippen MR) is 104 cm³/mol. The molecule has 0 saturated carbocycles. The van der Waals surface area contributed by atoms with Gasteiger partial charge in [0.1, 0.15) is 0 Å². The second kappa shape index (κ2) is 7.73. The minimum Gasteiger partial charge on any atom is -0.369 e. The first-order valence-corrected chi connectivity index (χ1v) is 8.67. The summed E-state index contributed by atoms with van der Waals surface area (Å²) >= 11 is 12.2. The third kappa shape index (κ3) is 3.79. The van der Waals surface area contributed by atoms with Crippen LogP contribution in [0.25, 0.3) is 0 Å². The Balaban J connectivity index is 1.95. The minimum atomic E-state index is -0.722. The molecular formula is C21H15Cl2NO2. The second-order valence-electron chi connectivity index (χ2n) is 5.82. The highest BCUT2D eigenvalue weighted by molar-refractivity contribution is 6.35. The zero-order chi connectivity index (χ0) is 18.7. The van der Waals surface area contributed by atoms with Crippen molar-refractivity contribution < 1.29 is 9.59 Å². The smallest absolute Gasteiger partial charge is 0.229 e. The van der Waals surface area contributed by atoms with Crippen molar-refractivity contribution in [2.75, 3.05) is 0 Å². The molecule has 130 valence electrons. The number of carbonyl (C=O) groups is 2. The highest BCUT2D eigenvalue weighted by Gasteiger charge is 2.23. The van der Waals surface area contributed by atoms with Crippen LogP contribution in [0, 0.1) is 0 Å². The summed E-state index contributed by atoms with van der Waals surface area (Å²) in [6.45, 7) is 0. The fraction of sp³-hybridized carbons (Fsp3) is 0.0476. The molecule has 26 heavy (non-hydrogen) atoms. The molecule has 0 spiro atoms. The number of halogens is 2. The lowest BCUT2D eigenvalue weighted by atomic mass is 9.89. The van der Waals surface area contributed by atoms with Crippen LogP contribution in [0.3, 0.4) is 0 Å². The van der Waals surface area contributed by atoms with Crippen molar-refractivity contribution in [2.45, 2.75) is 5.92 Å². The lowest BCUT2D eigenvalue weighted by molar-refractivity contribution is -0.118. The normalized spacial score (nSPS) is 11.8. The summed E-state index contributed by atoms with van der Waals surface area (Å²) in [5, 5.41) is 0.844. The first-order chi connectivity index (χ1) is 12.5. The quantitative estimate of drug-likeness (QED) is 0.640. The summed E-state index contributed by atoms with van der Waals surface area (Å²) in [5.74, 6) is -1.34. The Morgan fingerprint density at radius 2 is 1.42 bits per heavy atom. The van der Waals surface area contributed by atoms with Crippen molar-refractivity contribution in [3.05, 3.63) is 105 Å². The average Bonchev–Trinajstić information content (AvgIpc) is 2.64. The first kappa shape index (κ1) is 18.2. The molecule has 3 aromatic carbocycles. The Hall–Kier alpha value is -2.62. The van der Waals surface area contributed by atoms with Gasteiger partial charge in [-0.25, -0.2) is 0 Å². The van der Waals surface area contributed by atoms with Gasteiger partial charge in [-0.3, -0.25) is 9.59 Å². The van der Waals surface area contributed by atoms with Crippen LogP contribution in [0.5, 0.6) is 0 Å². The highest BCUT2D eigenvalue weighted by Crippen LogP contribution is 2.32. The van der Waals surface area contributed by atoms with Gasteiger partial charge in [-0.15, -0.1) is 0 Å². The third-order valence-electron chi connectivity index (χ3n) is 4.10. The van der Waals surface area contributed by atoms with Crippen LogP contribution >= 0.6 is 23.2 Å². The fourth-order valence-corrected chi connectivity index (χ4v) is 3.33. The van der Waals surface area contributed by atoms with Crippen LogP contribution in [-0.4, -0.2) is 11.7 Å². The Morgan fingerprint density at radius 1 is 0.808 bits per heavy atom. The maximum atomic E-state index is 12.5. The Kier molecular flexibility index (Phi) is 5.40. The number of rotatable bonds is 5. The molecule has 0 radical (unpaired) electrons. The van der Waals surface area contributed by atoms with Gasteiger partial charge in [0.25, 0.3) is 0 Å². The maximum Gasteiger partial charge on any atom is 0.229 e. The molecule has 0 bridgehead atoms. The van der Waals surface area contributed by atoms with Crippen LogP contribution in [0.2, 0.25) is 10.0 Å². The lowest BCUT2D eigenvalue weighted by Gasteiger charge is -2.16. The van der Waals surface area contributed by atoms with E-state index in [1.54, 1.807) is 54.6 Å². The zero-order valence-electron chi connectivity index (χ0n) is 13.7. The summed E-state index contributed by atoms with van der Waals surface area (Å²) in [4.78, 5) is 24.5. The molecule has 0 aliphatic carbocycles. The van der Waals surface area contributed by atoms with Crippen LogP contribution in [-0.2, 0) is 4.79 Å². The Bertz CT molecular complexity index is 954. The van der Waals surface area contributed by atoms with Crippen molar-refractivity contribution in [1.82, 2.24) is 0 Å². The van der Waals surface area contributed by atoms with Crippen molar-refractivity contribution in [3.63, 3.8) is 0 Å². The standard InChI is InChI=1S/C21H15Cl2NO2/c22-16-10-11-17(18(23)12-16)19(21(24)26)13-6-8-15(9-7-13)20(25)14-4-2-1-3-5-14/h1-12,19H,(H2,24,26). The summed E-state index contributed by atoms with van der Waals surface area (Å²) < 4.78 is 0. The fourth-order valence-electron chi connectivity index (χ4n) is 2.82. The highest BCUT2D eigenvalue weighted by atomic mass is 35.5. The number of hydrogen-bond donors (Lipinski definition) is 1. The van der Waals surface area contributed by atoms with Crippen molar-refractivity contribution in [2.24, 2.45) is 5.73 Å². The largest absolute Gasteiger partial charge is 0.369 e. The molecular weight excluding hydrogens is 369 g/mol. The van der Waals surface area contributed by atoms with Gasteiger partial charge in [0.05, 0.1) is 5.92 Å². The van der Waals surface area contributed by atoms with Crippen LogP contribution in [0.15, 0.2) is 72.8 Å². The van der Waals surface area contributed by atoms with Crippen LogP contribution < -0.4 is 5.73 Å². The van der Waals surface area contributed by atoms with Crippen molar-refractivity contribution in [3.8, 4) is 0 Å². The molecule has 3 rings (SSSR count). The molecule has 0 saturated heterocycles. The Labute approximate surface area is 161 Å². The minimum absolute atomic E-state index is 0.0858. The predicted octanol–water partition coefficient (Wildman–Crippen LogP) is 4.84. The second-order valence-corrected chi connectivity index (χ2v) is 6.66. The van der Waals surface area contributed by atoms with E-state index < -0.39 is 11.8 Å². The van der Waals surface area contributed by atoms with E-state index >= 15 is 0 Å². The van der Waals surface area contributed by atoms with E-state index in [9.17, 15) is 9.59 Å². The molecule has 0 fully saturated rings. The third-order valence-corrected chi connectivity index (χ3v) is 4.66. The Morgan fingerprint density at radius 3 is 2.00 bits per heavy atom. The average molecular weight is 384 g/mol. The van der Waals surface area contributed by atoms with Gasteiger partial charge in [-0.05, 0) is 23.3 Å². The summed E-state index contributed by atoms with van der Waals surface area (Å²) in [6.07, 6.45) is 0. The van der Waals surface area contributed by atoms with Gasteiger partial charge in [0, 0.05) is 21.2 Å². The summed E-state index contributed by atoms with van der Waals surface area (Å²) in [5.41, 5.74) is 7.97. The first-order valence-electron chi connectivity index (χ1n) is 7.91. The van der Waals surface area contributed by atoms with E-state index in [0.29, 0.717) is 32.3 Å². The van der Waals surface area contributed by atoms with E-state index in [1.807, 2.05) is 18.2 Å². The molecule has 1 atom stereocenters. The van der Waals surface area contributed by atoms with Gasteiger partial charge in [-0.1, -0.05) is 83.9 Å². The molecule has 3 nitrogen and oxygen atoms in total. The SMILES string of the molecule is NC(=O)C(c1ccc(C(=O)c2ccccc2)cc1)c1ccc(Cl)cc1Cl. The molecule has 1 unspecified atom stereocenters. The maximum absolute atomic E-state index is 12.5. The van der Waals surface area contributed by atoms with Gasteiger partial charge in [0.2, 0.25) is 5.91 Å². The van der Waals surface area contributed by atoms with E-state index in [1.165, 1.54) is 0 Å². The topological polar surface area (TPSA) is 60.2 Å². The monoisotopic (exact) mass is 383 g/mol. The van der Waals surface area contributed by atoms with Gasteiger partial charge in [0.15, 0.2) is 5.78 Å². The number of amides is 1. The number of nitrogens with two attached hydrogens (primary N) is 1. The molecule has 0 aliphatic rings. The number of ketones is 1. The molecule has 0 heterocycles. The van der Waals surface area contributed by atoms with Crippen LogP contribution in [0.4, 0.5) is 0 Å². The summed E-state index contributed by atoms with van der Waals surface area (Å²) in [6, 6.07) is 20.7. The van der Waals surface area contributed by atoms with E-state index in [4.69, 9.17) is 28.9 Å². The zero-order valence-corrected chi connectivity index (χ0v) is 15.2. The van der Waals surface area contributed by atoms with E-state index in [2.05, 4.69) is 0 Å². The van der Waals surface area contributed by atoms with Gasteiger partial charge in [-0.2, -0.15) is 0 Å². The molecule has 1 amide bonds. The number of carbonyl (C=O) groups excluding carboxylic acids is 2. The van der Waals surface area contributed by atoms with Crippen molar-refractivity contribution >= 4 is 34.9 Å². The summed E-state index contributed by atoms with van der Waals surface area (Å²) in [7, 11) is 0. The molecule has 0 aromatic heterocycles. The van der Waals surface area contributed by atoms with Gasteiger partial charge < -0.3 is 5.73 Å². The van der Waals surface area contributed by atoms with E-state index in [0.717, 1.165) is 0 Å². The molecule has 2 N–H and O–H groups in total. The number of hydrogen-bond acceptors (Lipinski definition) is 2. The van der Waals surface area contributed by atoms with E-state index in [-0.39, 0.29) is 5.78 Å². The molecule has 0 aliphatic heterocycles. The van der Waals surface area contributed by atoms with Gasteiger partial charge >= 0.3 is 0 Å². The number of primary amides is 1. The molecule has 3 aromatic rings. The van der Waals surface area contributed by atoms with Crippen molar-refractivity contribution in [1.29, 1.82) is 0 Å². The molecule has 5 heteroatoms. The lowest BCUT2D eigenvalue weighted by Crippen LogP contribution is -2.22. The number of benzene rings is 3. The van der Waals surface area contributed by atoms with Crippen LogP contribution in [0.1, 0.15) is 33.0 Å².